The molecule has 33 heavy (non-hydrogen) atoms. The molecule has 3 aliphatic carbocycles. The van der Waals surface area contributed by atoms with E-state index in [1.54, 1.807) is 16.8 Å². The summed E-state index contributed by atoms with van der Waals surface area (Å²) < 4.78 is 0. The fraction of sp³-hybridized carbons (Fsp3) is 0.312. The fourth-order valence-corrected chi connectivity index (χ4v) is 6.66. The zero-order chi connectivity index (χ0) is 21.8. The summed E-state index contributed by atoms with van der Waals surface area (Å²) in [6.07, 6.45) is 16.1. The van der Waals surface area contributed by atoms with Gasteiger partial charge in [0.25, 0.3) is 0 Å². The van der Waals surface area contributed by atoms with Crippen LogP contribution in [-0.4, -0.2) is 11.4 Å². The molecule has 3 aromatic carbocycles. The van der Waals surface area contributed by atoms with Gasteiger partial charge < -0.3 is 4.90 Å². The summed E-state index contributed by atoms with van der Waals surface area (Å²) in [4.78, 5) is 2.59. The molecule has 1 heterocycles. The topological polar surface area (TPSA) is 3.24 Å². The summed E-state index contributed by atoms with van der Waals surface area (Å²) in [5.74, 6) is 1.71. The van der Waals surface area contributed by atoms with Gasteiger partial charge in [-0.25, -0.2) is 0 Å². The first-order chi connectivity index (χ1) is 16.3. The zero-order valence-electron chi connectivity index (χ0n) is 19.3. The standard InChI is InChI=1S/C32H31N/c1-2-7-24-17-19-33(18-16-23(24)6-1)32-21-26(22-9-5-10-22)20-31-29-13-12-25-8-3-4-11-27(25)28(29)14-15-30(31)32/h1-4,6-8,11-12,14-16,18,22,26H,5,9-10,13,17,19-21H2. The van der Waals surface area contributed by atoms with E-state index in [0.29, 0.717) is 0 Å². The van der Waals surface area contributed by atoms with Crippen molar-refractivity contribution < 1.29 is 0 Å². The van der Waals surface area contributed by atoms with Crippen LogP contribution in [0.25, 0.3) is 17.8 Å². The Hall–Kier alpha value is -3.06. The van der Waals surface area contributed by atoms with Gasteiger partial charge in [-0.3, -0.25) is 0 Å². The Labute approximate surface area is 196 Å². The smallest absolute Gasteiger partial charge is 0.0263 e. The van der Waals surface area contributed by atoms with Crippen molar-refractivity contribution in [1.82, 2.24) is 4.90 Å². The van der Waals surface area contributed by atoms with E-state index in [1.807, 2.05) is 0 Å². The van der Waals surface area contributed by atoms with Crippen LogP contribution in [0, 0.1) is 22.3 Å². The first kappa shape index (κ1) is 19.4. The van der Waals surface area contributed by atoms with Crippen molar-refractivity contribution in [3.8, 4) is 0 Å². The third-order valence-electron chi connectivity index (χ3n) is 8.72. The average Bonchev–Trinajstić information content (AvgIpc) is 3.05. The fourth-order valence-electron chi connectivity index (χ4n) is 6.66. The van der Waals surface area contributed by atoms with Crippen LogP contribution in [0.2, 0.25) is 0 Å². The lowest BCUT2D eigenvalue weighted by atomic mass is 9.69. The zero-order valence-corrected chi connectivity index (χ0v) is 19.3. The van der Waals surface area contributed by atoms with Crippen LogP contribution >= 0.6 is 0 Å². The summed E-state index contributed by atoms with van der Waals surface area (Å²) in [6, 6.07) is 22.7. The van der Waals surface area contributed by atoms with Gasteiger partial charge >= 0.3 is 0 Å². The molecule has 0 radical (unpaired) electrons. The highest BCUT2D eigenvalue weighted by Crippen LogP contribution is 2.41. The summed E-state index contributed by atoms with van der Waals surface area (Å²) in [7, 11) is 0. The molecule has 0 spiro atoms. The second-order valence-electron chi connectivity index (χ2n) is 10.4. The molecule has 0 N–H and O–H groups in total. The molecule has 1 nitrogen and oxygen atoms in total. The highest BCUT2D eigenvalue weighted by molar-refractivity contribution is 5.60. The molecule has 164 valence electrons. The number of rotatable bonds is 2. The molecule has 0 amide bonds. The van der Waals surface area contributed by atoms with Crippen LogP contribution in [-0.2, 0) is 19.3 Å². The van der Waals surface area contributed by atoms with E-state index in [2.05, 4.69) is 83.9 Å². The molecule has 1 aliphatic heterocycles. The lowest BCUT2D eigenvalue weighted by molar-refractivity contribution is 0.199. The van der Waals surface area contributed by atoms with Crippen LogP contribution in [0.4, 0.5) is 0 Å². The summed E-state index contributed by atoms with van der Waals surface area (Å²) in [6.45, 7) is 1.08. The van der Waals surface area contributed by atoms with Crippen LogP contribution in [0.5, 0.6) is 0 Å². The molecule has 1 heteroatoms. The van der Waals surface area contributed by atoms with Gasteiger partial charge in [-0.2, -0.15) is 0 Å². The Morgan fingerprint density at radius 2 is 1.58 bits per heavy atom. The van der Waals surface area contributed by atoms with Gasteiger partial charge in [0, 0.05) is 18.4 Å². The molecule has 0 saturated heterocycles. The maximum Gasteiger partial charge on any atom is 0.0263 e. The number of fused-ring (bicyclic) bond motifs is 5. The molecule has 1 atom stereocenters. The summed E-state index contributed by atoms with van der Waals surface area (Å²) >= 11 is 0. The quantitative estimate of drug-likeness (QED) is 0.534. The minimum Gasteiger partial charge on any atom is -0.350 e. The SMILES string of the molecule is C1=CN(C2=c3ccc4c(c3CC(C3CCC3)C2)CC=c2ccccc2=4)CCc2ccccc21. The van der Waals surface area contributed by atoms with Crippen LogP contribution in [0.1, 0.15) is 47.9 Å². The Morgan fingerprint density at radius 3 is 2.48 bits per heavy atom. The van der Waals surface area contributed by atoms with E-state index < -0.39 is 0 Å². The molecule has 0 bridgehead atoms. The van der Waals surface area contributed by atoms with Crippen molar-refractivity contribution in [2.45, 2.75) is 44.9 Å². The van der Waals surface area contributed by atoms with E-state index in [-0.39, 0.29) is 0 Å². The van der Waals surface area contributed by atoms with E-state index >= 15 is 0 Å². The maximum absolute atomic E-state index is 2.59. The Bertz CT molecular complexity index is 1490. The molecular weight excluding hydrogens is 398 g/mol. The maximum atomic E-state index is 2.59. The average molecular weight is 430 g/mol. The van der Waals surface area contributed by atoms with Crippen LogP contribution < -0.4 is 10.4 Å². The molecule has 1 fully saturated rings. The Balaban J connectivity index is 1.42. The number of hydrogen-bond donors (Lipinski definition) is 0. The molecule has 1 unspecified atom stereocenters. The summed E-state index contributed by atoms with van der Waals surface area (Å²) in [5.41, 5.74) is 7.66. The molecular formula is C32H31N. The van der Waals surface area contributed by atoms with Crippen molar-refractivity contribution in [3.05, 3.63) is 110 Å². The van der Waals surface area contributed by atoms with E-state index in [1.165, 1.54) is 64.1 Å². The van der Waals surface area contributed by atoms with Crippen molar-refractivity contribution in [3.63, 3.8) is 0 Å². The number of nitrogens with zero attached hydrogens (tertiary/aromatic N) is 1. The van der Waals surface area contributed by atoms with Crippen LogP contribution in [0.3, 0.4) is 0 Å². The monoisotopic (exact) mass is 429 g/mol. The number of hydrogen-bond acceptors (Lipinski definition) is 1. The molecule has 0 aromatic heterocycles. The molecule has 3 aromatic rings. The van der Waals surface area contributed by atoms with Crippen molar-refractivity contribution in [1.29, 1.82) is 0 Å². The minimum absolute atomic E-state index is 0.795. The largest absolute Gasteiger partial charge is 0.350 e. The second kappa shape index (κ2) is 7.76. The van der Waals surface area contributed by atoms with Crippen molar-refractivity contribution in [2.75, 3.05) is 6.54 Å². The van der Waals surface area contributed by atoms with Crippen LogP contribution in [0.15, 0.2) is 66.9 Å². The lowest BCUT2D eigenvalue weighted by Gasteiger charge is -2.39. The van der Waals surface area contributed by atoms with Crippen molar-refractivity contribution in [2.24, 2.45) is 11.8 Å². The van der Waals surface area contributed by atoms with E-state index in [4.69, 9.17) is 0 Å². The van der Waals surface area contributed by atoms with Gasteiger partial charge in [0.2, 0.25) is 0 Å². The van der Waals surface area contributed by atoms with Gasteiger partial charge in [-0.05, 0) is 86.7 Å². The first-order valence-corrected chi connectivity index (χ1v) is 12.8. The molecule has 1 saturated carbocycles. The third-order valence-corrected chi connectivity index (χ3v) is 8.72. The van der Waals surface area contributed by atoms with Gasteiger partial charge in [0.15, 0.2) is 0 Å². The highest BCUT2D eigenvalue weighted by Gasteiger charge is 2.33. The second-order valence-corrected chi connectivity index (χ2v) is 10.4. The molecule has 7 rings (SSSR count). The third kappa shape index (κ3) is 3.21. The molecule has 4 aliphatic rings. The normalized spacial score (nSPS) is 21.2. The van der Waals surface area contributed by atoms with Gasteiger partial charge in [-0.1, -0.05) is 86.0 Å². The highest BCUT2D eigenvalue weighted by atomic mass is 15.1. The first-order valence-electron chi connectivity index (χ1n) is 12.8. The van der Waals surface area contributed by atoms with Gasteiger partial charge in [0.1, 0.15) is 0 Å². The van der Waals surface area contributed by atoms with Crippen molar-refractivity contribution >= 4 is 17.8 Å². The Morgan fingerprint density at radius 1 is 0.727 bits per heavy atom. The minimum atomic E-state index is 0.795. The number of benzene rings is 3. The van der Waals surface area contributed by atoms with E-state index in [9.17, 15) is 0 Å². The summed E-state index contributed by atoms with van der Waals surface area (Å²) in [5, 5.41) is 5.81. The lowest BCUT2D eigenvalue weighted by Crippen LogP contribution is -2.37. The van der Waals surface area contributed by atoms with Gasteiger partial charge in [-0.15, -0.1) is 0 Å². The predicted molar refractivity (Wildman–Crippen MR) is 136 cm³/mol. The van der Waals surface area contributed by atoms with Gasteiger partial charge in [0.05, 0.1) is 0 Å². The van der Waals surface area contributed by atoms with E-state index in [0.717, 1.165) is 31.2 Å². The Kier molecular flexibility index (Phi) is 4.57. The predicted octanol–water partition coefficient (Wildman–Crippen LogP) is 5.31.